The van der Waals surface area contributed by atoms with Crippen molar-refractivity contribution in [1.29, 1.82) is 0 Å². The van der Waals surface area contributed by atoms with Gasteiger partial charge in [-0.25, -0.2) is 0 Å². The molecule has 7 heteroatoms. The van der Waals surface area contributed by atoms with E-state index in [1.807, 2.05) is 42.2 Å². The van der Waals surface area contributed by atoms with E-state index in [9.17, 15) is 14.7 Å². The number of piperidine rings is 1. The minimum absolute atomic E-state index is 0.0767. The first-order valence-electron chi connectivity index (χ1n) is 13.6. The maximum Gasteiger partial charge on any atom is 0.247 e. The monoisotopic (exact) mass is 507 g/mol. The Morgan fingerprint density at radius 2 is 1.73 bits per heavy atom. The zero-order valence-corrected chi connectivity index (χ0v) is 22.1. The van der Waals surface area contributed by atoms with Crippen LogP contribution in [-0.2, 0) is 32.8 Å². The van der Waals surface area contributed by atoms with Crippen LogP contribution in [0.1, 0.15) is 56.2 Å². The summed E-state index contributed by atoms with van der Waals surface area (Å²) in [5, 5.41) is 15.6. The molecule has 1 heterocycles. The molecule has 37 heavy (non-hydrogen) atoms. The Hall–Kier alpha value is -2.74. The quantitative estimate of drug-likeness (QED) is 0.435. The predicted molar refractivity (Wildman–Crippen MR) is 144 cm³/mol. The molecule has 1 aliphatic carbocycles. The van der Waals surface area contributed by atoms with E-state index < -0.39 is 12.1 Å². The first-order chi connectivity index (χ1) is 17.9. The molecule has 2 aromatic rings. The van der Waals surface area contributed by atoms with Gasteiger partial charge in [-0.2, -0.15) is 0 Å². The first kappa shape index (κ1) is 27.3. The number of fused-ring (bicyclic) bond motifs is 2. The Kier molecular flexibility index (Phi) is 9.35. The number of aryl methyl sites for hydroxylation is 1. The SMILES string of the molecule is CC(CC(=O)N[C@H](COCc1ccccc1)C(=O)N1CCC2(CCc3ccccc32)CC1)NC[C@@H](C)O. The summed E-state index contributed by atoms with van der Waals surface area (Å²) in [7, 11) is 0. The number of amides is 2. The van der Waals surface area contributed by atoms with Crippen LogP contribution >= 0.6 is 0 Å². The normalized spacial score (nSPS) is 18.7. The van der Waals surface area contributed by atoms with Crippen molar-refractivity contribution in [1.82, 2.24) is 15.5 Å². The molecule has 1 unspecified atom stereocenters. The number of aliphatic hydroxyl groups excluding tert-OH is 1. The molecule has 1 aliphatic heterocycles. The fourth-order valence-corrected chi connectivity index (χ4v) is 5.68. The summed E-state index contributed by atoms with van der Waals surface area (Å²) in [5.74, 6) is -0.280. The average Bonchev–Trinajstić information content (AvgIpc) is 3.25. The molecule has 3 N–H and O–H groups in total. The molecule has 4 rings (SSSR count). The molecule has 0 bridgehead atoms. The molecule has 1 fully saturated rings. The van der Waals surface area contributed by atoms with Gasteiger partial charge in [-0.05, 0) is 61.6 Å². The Labute approximate surface area is 220 Å². The second-order valence-electron chi connectivity index (χ2n) is 10.7. The number of likely N-dealkylation sites (tertiary alicyclic amines) is 1. The number of benzene rings is 2. The standard InChI is InChI=1S/C30H41N3O4/c1-22(31-19-23(2)34)18-28(35)32-27(21-37-20-24-8-4-3-5-9-24)29(36)33-16-14-30(15-17-33)13-12-25-10-6-7-11-26(25)30/h3-11,22-23,27,31,34H,12-21H2,1-2H3,(H,32,35)/t22?,23-,27-/m1/s1. The van der Waals surface area contributed by atoms with E-state index in [0.29, 0.717) is 26.2 Å². The summed E-state index contributed by atoms with van der Waals surface area (Å²) in [4.78, 5) is 28.3. The number of ether oxygens (including phenoxy) is 1. The lowest BCUT2D eigenvalue weighted by Gasteiger charge is -2.41. The molecule has 2 amide bonds. The number of aliphatic hydroxyl groups is 1. The summed E-state index contributed by atoms with van der Waals surface area (Å²) in [5.41, 5.74) is 4.09. The van der Waals surface area contributed by atoms with Gasteiger partial charge in [0.2, 0.25) is 11.8 Å². The van der Waals surface area contributed by atoms with Crippen molar-refractivity contribution < 1.29 is 19.4 Å². The van der Waals surface area contributed by atoms with Crippen LogP contribution in [0.3, 0.4) is 0 Å². The van der Waals surface area contributed by atoms with Gasteiger partial charge in [-0.1, -0.05) is 54.6 Å². The second-order valence-corrected chi connectivity index (χ2v) is 10.7. The molecule has 200 valence electrons. The number of carbonyl (C=O) groups is 2. The molecule has 7 nitrogen and oxygen atoms in total. The summed E-state index contributed by atoms with van der Waals surface area (Å²) in [6, 6.07) is 17.7. The lowest BCUT2D eigenvalue weighted by atomic mass is 9.74. The number of carbonyl (C=O) groups excluding carboxylic acids is 2. The lowest BCUT2D eigenvalue weighted by molar-refractivity contribution is -0.140. The highest BCUT2D eigenvalue weighted by Gasteiger charge is 2.42. The highest BCUT2D eigenvalue weighted by atomic mass is 16.5. The minimum Gasteiger partial charge on any atom is -0.392 e. The fourth-order valence-electron chi connectivity index (χ4n) is 5.68. The number of hydrogen-bond acceptors (Lipinski definition) is 5. The van der Waals surface area contributed by atoms with Gasteiger partial charge in [0.05, 0.1) is 19.3 Å². The van der Waals surface area contributed by atoms with E-state index in [1.54, 1.807) is 6.92 Å². The van der Waals surface area contributed by atoms with Crippen molar-refractivity contribution in [3.8, 4) is 0 Å². The van der Waals surface area contributed by atoms with Crippen LogP contribution in [0.4, 0.5) is 0 Å². The van der Waals surface area contributed by atoms with Gasteiger partial charge in [0.15, 0.2) is 0 Å². The molecule has 1 saturated heterocycles. The molecule has 0 aromatic heterocycles. The zero-order chi connectivity index (χ0) is 26.3. The van der Waals surface area contributed by atoms with Crippen LogP contribution in [0.5, 0.6) is 0 Å². The largest absolute Gasteiger partial charge is 0.392 e. The van der Waals surface area contributed by atoms with E-state index in [-0.39, 0.29) is 36.3 Å². The summed E-state index contributed by atoms with van der Waals surface area (Å²) in [6.45, 7) is 5.89. The number of nitrogens with one attached hydrogen (secondary N) is 2. The molecular formula is C30H41N3O4. The lowest BCUT2D eigenvalue weighted by Crippen LogP contribution is -2.54. The van der Waals surface area contributed by atoms with Crippen LogP contribution in [-0.4, -0.2) is 66.2 Å². The van der Waals surface area contributed by atoms with Gasteiger partial charge in [-0.15, -0.1) is 0 Å². The third-order valence-electron chi connectivity index (χ3n) is 7.78. The predicted octanol–water partition coefficient (Wildman–Crippen LogP) is 2.94. The van der Waals surface area contributed by atoms with Gasteiger partial charge in [0.25, 0.3) is 0 Å². The number of hydrogen-bond donors (Lipinski definition) is 3. The van der Waals surface area contributed by atoms with Crippen LogP contribution in [0, 0.1) is 0 Å². The summed E-state index contributed by atoms with van der Waals surface area (Å²) in [6.07, 6.45) is 3.88. The highest BCUT2D eigenvalue weighted by Crippen LogP contribution is 2.46. The third kappa shape index (κ3) is 7.18. The summed E-state index contributed by atoms with van der Waals surface area (Å²) >= 11 is 0. The van der Waals surface area contributed by atoms with Crippen molar-refractivity contribution in [2.45, 2.75) is 76.2 Å². The van der Waals surface area contributed by atoms with E-state index in [4.69, 9.17) is 4.74 Å². The Morgan fingerprint density at radius 1 is 1.03 bits per heavy atom. The van der Waals surface area contributed by atoms with Gasteiger partial charge >= 0.3 is 0 Å². The maximum atomic E-state index is 13.6. The third-order valence-corrected chi connectivity index (χ3v) is 7.78. The van der Waals surface area contributed by atoms with Crippen LogP contribution in [0.25, 0.3) is 0 Å². The van der Waals surface area contributed by atoms with Crippen LogP contribution < -0.4 is 10.6 Å². The smallest absolute Gasteiger partial charge is 0.247 e. The zero-order valence-electron chi connectivity index (χ0n) is 22.1. The Bertz CT molecular complexity index is 1030. The average molecular weight is 508 g/mol. The molecule has 2 aliphatic rings. The van der Waals surface area contributed by atoms with Crippen LogP contribution in [0.15, 0.2) is 54.6 Å². The minimum atomic E-state index is -0.731. The van der Waals surface area contributed by atoms with Crippen molar-refractivity contribution in [3.63, 3.8) is 0 Å². The van der Waals surface area contributed by atoms with Crippen molar-refractivity contribution in [2.75, 3.05) is 26.2 Å². The van der Waals surface area contributed by atoms with Crippen molar-refractivity contribution in [2.24, 2.45) is 0 Å². The van der Waals surface area contributed by atoms with Gasteiger partial charge in [0, 0.05) is 32.1 Å². The number of rotatable bonds is 11. The molecule has 0 radical (unpaired) electrons. The van der Waals surface area contributed by atoms with Crippen molar-refractivity contribution >= 4 is 11.8 Å². The van der Waals surface area contributed by atoms with E-state index in [2.05, 4.69) is 34.9 Å². The summed E-state index contributed by atoms with van der Waals surface area (Å²) < 4.78 is 5.91. The molecule has 2 aromatic carbocycles. The second kappa shape index (κ2) is 12.7. The molecular weight excluding hydrogens is 466 g/mol. The van der Waals surface area contributed by atoms with Gasteiger partial charge in [0.1, 0.15) is 6.04 Å². The fraction of sp³-hybridized carbons (Fsp3) is 0.533. The Balaban J connectivity index is 1.36. The van der Waals surface area contributed by atoms with E-state index >= 15 is 0 Å². The molecule has 1 spiro atoms. The number of nitrogens with zero attached hydrogens (tertiary/aromatic N) is 1. The molecule has 3 atom stereocenters. The first-order valence-corrected chi connectivity index (χ1v) is 13.6. The van der Waals surface area contributed by atoms with E-state index in [1.165, 1.54) is 11.1 Å². The molecule has 0 saturated carbocycles. The van der Waals surface area contributed by atoms with Gasteiger partial charge < -0.3 is 25.4 Å². The highest BCUT2D eigenvalue weighted by molar-refractivity contribution is 5.88. The topological polar surface area (TPSA) is 90.9 Å². The van der Waals surface area contributed by atoms with Gasteiger partial charge in [-0.3, -0.25) is 9.59 Å². The van der Waals surface area contributed by atoms with Crippen molar-refractivity contribution in [3.05, 3.63) is 71.3 Å². The Morgan fingerprint density at radius 3 is 2.46 bits per heavy atom. The maximum absolute atomic E-state index is 13.6. The van der Waals surface area contributed by atoms with E-state index in [0.717, 1.165) is 31.2 Å². The van der Waals surface area contributed by atoms with Crippen LogP contribution in [0.2, 0.25) is 0 Å².